The van der Waals surface area contributed by atoms with Gasteiger partial charge >= 0.3 is 5.97 Å². The summed E-state index contributed by atoms with van der Waals surface area (Å²) in [6.45, 7) is 4.64. The Morgan fingerprint density at radius 3 is 2.67 bits per heavy atom. The molecule has 24 heavy (non-hydrogen) atoms. The number of amides is 2. The Bertz CT molecular complexity index is 517. The van der Waals surface area contributed by atoms with E-state index in [1.54, 1.807) is 0 Å². The maximum absolute atomic E-state index is 12.4. The van der Waals surface area contributed by atoms with Crippen LogP contribution in [0.15, 0.2) is 0 Å². The standard InChI is InChI=1S/C18H28N2O4/c1-11-4-3-5-15(12(11)2)20-9-13(8-17(20)22)18(23)24-10-16(21)19-14-6-7-14/h11-15H,3-10H2,1-2H3,(H,19,21)/t11-,12-,13-,15-/m1/s1. The SMILES string of the molecule is C[C@@H]1[C@H](C)CCC[C@H]1N1C[C@H](C(=O)OCC(=O)NC2CC2)CC1=O. The smallest absolute Gasteiger partial charge is 0.311 e. The van der Waals surface area contributed by atoms with Gasteiger partial charge in [-0.3, -0.25) is 14.4 Å². The second-order valence-electron chi connectivity index (χ2n) is 7.73. The number of nitrogens with zero attached hydrogens (tertiary/aromatic N) is 1. The number of hydrogen-bond donors (Lipinski definition) is 1. The van der Waals surface area contributed by atoms with Gasteiger partial charge in [-0.1, -0.05) is 26.7 Å². The van der Waals surface area contributed by atoms with Crippen LogP contribution >= 0.6 is 0 Å². The van der Waals surface area contributed by atoms with Crippen LogP contribution < -0.4 is 5.32 Å². The predicted molar refractivity (Wildman–Crippen MR) is 87.9 cm³/mol. The van der Waals surface area contributed by atoms with E-state index in [2.05, 4.69) is 19.2 Å². The van der Waals surface area contributed by atoms with Crippen molar-refractivity contribution in [1.29, 1.82) is 0 Å². The maximum atomic E-state index is 12.4. The van der Waals surface area contributed by atoms with E-state index < -0.39 is 11.9 Å². The summed E-state index contributed by atoms with van der Waals surface area (Å²) in [5.41, 5.74) is 0. The molecule has 134 valence electrons. The van der Waals surface area contributed by atoms with Crippen molar-refractivity contribution >= 4 is 17.8 Å². The molecule has 3 aliphatic rings. The number of carbonyl (C=O) groups is 3. The van der Waals surface area contributed by atoms with E-state index in [1.165, 1.54) is 6.42 Å². The number of rotatable bonds is 5. The van der Waals surface area contributed by atoms with Crippen molar-refractivity contribution in [2.45, 2.75) is 64.5 Å². The molecule has 2 aliphatic carbocycles. The summed E-state index contributed by atoms with van der Waals surface area (Å²) >= 11 is 0. The molecule has 2 amide bonds. The molecule has 2 saturated carbocycles. The van der Waals surface area contributed by atoms with Crippen LogP contribution in [-0.4, -0.2) is 47.9 Å². The Labute approximate surface area is 143 Å². The van der Waals surface area contributed by atoms with Gasteiger partial charge in [0.25, 0.3) is 5.91 Å². The fourth-order valence-corrected chi connectivity index (χ4v) is 3.96. The maximum Gasteiger partial charge on any atom is 0.311 e. The molecule has 1 saturated heterocycles. The molecule has 6 nitrogen and oxygen atoms in total. The van der Waals surface area contributed by atoms with Crippen LogP contribution in [0.4, 0.5) is 0 Å². The van der Waals surface area contributed by atoms with E-state index in [-0.39, 0.29) is 36.9 Å². The molecule has 1 heterocycles. The van der Waals surface area contributed by atoms with Crippen LogP contribution in [-0.2, 0) is 19.1 Å². The minimum Gasteiger partial charge on any atom is -0.455 e. The molecule has 6 heteroatoms. The normalized spacial score (nSPS) is 33.4. The molecule has 1 N–H and O–H groups in total. The molecule has 1 aliphatic heterocycles. The van der Waals surface area contributed by atoms with Gasteiger partial charge in [-0.25, -0.2) is 0 Å². The van der Waals surface area contributed by atoms with Crippen molar-refractivity contribution in [2.75, 3.05) is 13.2 Å². The second-order valence-corrected chi connectivity index (χ2v) is 7.73. The van der Waals surface area contributed by atoms with Crippen molar-refractivity contribution in [3.63, 3.8) is 0 Å². The highest BCUT2D eigenvalue weighted by Crippen LogP contribution is 2.35. The van der Waals surface area contributed by atoms with Gasteiger partial charge in [-0.05, 0) is 31.1 Å². The number of esters is 1. The molecule has 3 fully saturated rings. The van der Waals surface area contributed by atoms with Crippen LogP contribution in [0.3, 0.4) is 0 Å². The van der Waals surface area contributed by atoms with Crippen molar-refractivity contribution in [1.82, 2.24) is 10.2 Å². The average Bonchev–Trinajstić information content (AvgIpc) is 3.27. The molecule has 0 spiro atoms. The lowest BCUT2D eigenvalue weighted by Gasteiger charge is -2.39. The molecule has 0 aromatic heterocycles. The Balaban J connectivity index is 1.49. The van der Waals surface area contributed by atoms with Crippen molar-refractivity contribution in [2.24, 2.45) is 17.8 Å². The fraction of sp³-hybridized carbons (Fsp3) is 0.833. The summed E-state index contributed by atoms with van der Waals surface area (Å²) in [5, 5.41) is 2.79. The zero-order chi connectivity index (χ0) is 17.3. The van der Waals surface area contributed by atoms with E-state index in [4.69, 9.17) is 4.74 Å². The molecular formula is C18H28N2O4. The van der Waals surface area contributed by atoms with Crippen LogP contribution in [0, 0.1) is 17.8 Å². The van der Waals surface area contributed by atoms with Gasteiger partial charge in [0.15, 0.2) is 6.61 Å². The first-order chi connectivity index (χ1) is 11.5. The van der Waals surface area contributed by atoms with Gasteiger partial charge in [-0.2, -0.15) is 0 Å². The van der Waals surface area contributed by atoms with Gasteiger partial charge in [-0.15, -0.1) is 0 Å². The van der Waals surface area contributed by atoms with Crippen LogP contribution in [0.25, 0.3) is 0 Å². The van der Waals surface area contributed by atoms with Gasteiger partial charge in [0.2, 0.25) is 5.91 Å². The van der Waals surface area contributed by atoms with Crippen molar-refractivity contribution in [3.8, 4) is 0 Å². The van der Waals surface area contributed by atoms with E-state index in [9.17, 15) is 14.4 Å². The summed E-state index contributed by atoms with van der Waals surface area (Å²) in [5.74, 6) is 0.00603. The van der Waals surface area contributed by atoms with Gasteiger partial charge in [0.1, 0.15) is 0 Å². The molecule has 0 unspecified atom stereocenters. The zero-order valence-electron chi connectivity index (χ0n) is 14.6. The Morgan fingerprint density at radius 1 is 1.21 bits per heavy atom. The Morgan fingerprint density at radius 2 is 1.96 bits per heavy atom. The van der Waals surface area contributed by atoms with Crippen LogP contribution in [0.5, 0.6) is 0 Å². The molecular weight excluding hydrogens is 308 g/mol. The number of nitrogens with one attached hydrogen (secondary N) is 1. The highest BCUT2D eigenvalue weighted by Gasteiger charge is 2.42. The summed E-state index contributed by atoms with van der Waals surface area (Å²) in [6.07, 6.45) is 5.58. The fourth-order valence-electron chi connectivity index (χ4n) is 3.96. The van der Waals surface area contributed by atoms with E-state index in [0.29, 0.717) is 18.4 Å². The summed E-state index contributed by atoms with van der Waals surface area (Å²) in [4.78, 5) is 38.0. The predicted octanol–water partition coefficient (Wildman–Crippen LogP) is 1.48. The molecule has 0 aromatic carbocycles. The van der Waals surface area contributed by atoms with Crippen LogP contribution in [0.2, 0.25) is 0 Å². The minimum absolute atomic E-state index is 0.0466. The lowest BCUT2D eigenvalue weighted by Crippen LogP contribution is -2.45. The third-order valence-corrected chi connectivity index (χ3v) is 5.84. The van der Waals surface area contributed by atoms with Crippen molar-refractivity contribution < 1.29 is 19.1 Å². The number of ether oxygens (including phenoxy) is 1. The first-order valence-electron chi connectivity index (χ1n) is 9.21. The lowest BCUT2D eigenvalue weighted by atomic mass is 9.77. The number of likely N-dealkylation sites (tertiary alicyclic amines) is 1. The summed E-state index contributed by atoms with van der Waals surface area (Å²) < 4.78 is 5.12. The van der Waals surface area contributed by atoms with Crippen LogP contribution in [0.1, 0.15) is 52.4 Å². The quantitative estimate of drug-likeness (QED) is 0.772. The Kier molecular flexibility index (Phi) is 5.11. The first kappa shape index (κ1) is 17.2. The number of carbonyl (C=O) groups excluding carboxylic acids is 3. The van der Waals surface area contributed by atoms with Crippen molar-refractivity contribution in [3.05, 3.63) is 0 Å². The van der Waals surface area contributed by atoms with Gasteiger partial charge in [0, 0.05) is 25.0 Å². The second kappa shape index (κ2) is 7.11. The number of hydrogen-bond acceptors (Lipinski definition) is 4. The molecule has 0 bridgehead atoms. The van der Waals surface area contributed by atoms with E-state index >= 15 is 0 Å². The van der Waals surface area contributed by atoms with E-state index in [0.717, 1.165) is 25.7 Å². The zero-order valence-corrected chi connectivity index (χ0v) is 14.6. The monoisotopic (exact) mass is 336 g/mol. The molecule has 0 radical (unpaired) electrons. The first-order valence-corrected chi connectivity index (χ1v) is 9.21. The Hall–Kier alpha value is -1.59. The molecule has 0 aromatic rings. The van der Waals surface area contributed by atoms with Gasteiger partial charge < -0.3 is 15.0 Å². The minimum atomic E-state index is -0.435. The highest BCUT2D eigenvalue weighted by molar-refractivity contribution is 5.88. The van der Waals surface area contributed by atoms with E-state index in [1.807, 2.05) is 4.90 Å². The van der Waals surface area contributed by atoms with Gasteiger partial charge in [0.05, 0.1) is 5.92 Å². The average molecular weight is 336 g/mol. The topological polar surface area (TPSA) is 75.7 Å². The molecule has 4 atom stereocenters. The third kappa shape index (κ3) is 3.90. The lowest BCUT2D eigenvalue weighted by molar-refractivity contribution is -0.152. The summed E-state index contributed by atoms with van der Waals surface area (Å²) in [6, 6.07) is 0.492. The third-order valence-electron chi connectivity index (χ3n) is 5.84. The summed E-state index contributed by atoms with van der Waals surface area (Å²) in [7, 11) is 0. The highest BCUT2D eigenvalue weighted by atomic mass is 16.5. The molecule has 3 rings (SSSR count). The largest absolute Gasteiger partial charge is 0.455 e.